The number of thiazole rings is 1. The number of carbonyl (C=O) groups excluding carboxylic acids is 1. The van der Waals surface area contributed by atoms with E-state index in [1.165, 1.54) is 5.56 Å². The molecule has 0 radical (unpaired) electrons. The number of aryl methyl sites for hydroxylation is 1. The fourth-order valence-corrected chi connectivity index (χ4v) is 3.01. The van der Waals surface area contributed by atoms with Crippen molar-refractivity contribution in [3.05, 3.63) is 45.4 Å². The molecule has 0 aliphatic heterocycles. The summed E-state index contributed by atoms with van der Waals surface area (Å²) in [6, 6.07) is 5.78. The van der Waals surface area contributed by atoms with Gasteiger partial charge in [-0.25, -0.2) is 4.98 Å². The van der Waals surface area contributed by atoms with E-state index in [1.54, 1.807) is 5.38 Å². The van der Waals surface area contributed by atoms with E-state index in [1.807, 2.05) is 25.1 Å². The van der Waals surface area contributed by atoms with Gasteiger partial charge in [-0.1, -0.05) is 19.9 Å². The van der Waals surface area contributed by atoms with Gasteiger partial charge in [-0.15, -0.1) is 11.3 Å². The summed E-state index contributed by atoms with van der Waals surface area (Å²) in [5.74, 6) is -0.139. The lowest BCUT2D eigenvalue weighted by Crippen LogP contribution is -2.12. The molecule has 2 rings (SSSR count). The number of hydrogen-bond acceptors (Lipinski definition) is 5. The molecule has 0 saturated heterocycles. The van der Waals surface area contributed by atoms with Crippen molar-refractivity contribution in [1.82, 2.24) is 4.98 Å². The molecular weight excluding hydrogens is 314 g/mol. The molecule has 0 spiro atoms. The van der Waals surface area contributed by atoms with Crippen molar-refractivity contribution in [1.29, 1.82) is 0 Å². The number of nitrogens with zero attached hydrogens (tertiary/aromatic N) is 1. The van der Waals surface area contributed by atoms with E-state index < -0.39 is 5.97 Å². The third-order valence-corrected chi connectivity index (χ3v) is 4.29. The molecule has 1 aromatic carbocycles. The van der Waals surface area contributed by atoms with Crippen molar-refractivity contribution < 1.29 is 19.4 Å². The number of ketones is 1. The molecule has 0 aliphatic carbocycles. The van der Waals surface area contributed by atoms with Gasteiger partial charge in [0.2, 0.25) is 5.78 Å². The van der Waals surface area contributed by atoms with Crippen molar-refractivity contribution in [3.8, 4) is 5.75 Å². The predicted molar refractivity (Wildman–Crippen MR) is 88.5 cm³/mol. The van der Waals surface area contributed by atoms with E-state index in [4.69, 9.17) is 9.84 Å². The molecule has 0 atom stereocenters. The van der Waals surface area contributed by atoms with Crippen LogP contribution in [0.2, 0.25) is 0 Å². The molecule has 0 amide bonds. The summed E-state index contributed by atoms with van der Waals surface area (Å²) in [6.45, 7) is 6.16. The number of carboxylic acid groups (broad SMARTS) is 1. The minimum atomic E-state index is -0.966. The van der Waals surface area contributed by atoms with Gasteiger partial charge in [0.05, 0.1) is 12.1 Å². The zero-order valence-corrected chi connectivity index (χ0v) is 14.1. The van der Waals surface area contributed by atoms with Crippen molar-refractivity contribution in [2.45, 2.75) is 33.1 Å². The Hall–Kier alpha value is -2.21. The third kappa shape index (κ3) is 4.63. The monoisotopic (exact) mass is 333 g/mol. The van der Waals surface area contributed by atoms with Gasteiger partial charge in [-0.05, 0) is 36.1 Å². The quantitative estimate of drug-likeness (QED) is 0.785. The van der Waals surface area contributed by atoms with E-state index in [0.717, 1.165) is 16.9 Å². The van der Waals surface area contributed by atoms with Gasteiger partial charge < -0.3 is 9.84 Å². The largest absolute Gasteiger partial charge is 0.485 e. The number of ether oxygens (including phenoxy) is 1. The van der Waals surface area contributed by atoms with Crippen molar-refractivity contribution >= 4 is 23.1 Å². The molecule has 0 unspecified atom stereocenters. The maximum Gasteiger partial charge on any atom is 0.309 e. The Bertz CT molecular complexity index is 721. The van der Waals surface area contributed by atoms with Crippen LogP contribution in [0.25, 0.3) is 0 Å². The topological polar surface area (TPSA) is 76.5 Å². The lowest BCUT2D eigenvalue weighted by atomic mass is 9.98. The molecule has 2 aromatic rings. The molecular formula is C17H19NO4S. The summed E-state index contributed by atoms with van der Waals surface area (Å²) in [5, 5.41) is 10.6. The molecule has 1 heterocycles. The summed E-state index contributed by atoms with van der Waals surface area (Å²) in [6.07, 6.45) is -0.180. The molecule has 0 fully saturated rings. The first-order valence-electron chi connectivity index (χ1n) is 7.29. The summed E-state index contributed by atoms with van der Waals surface area (Å²) in [5.41, 5.74) is 2.77. The van der Waals surface area contributed by atoms with Crippen molar-refractivity contribution in [2.75, 3.05) is 6.61 Å². The molecule has 6 heteroatoms. The second-order valence-corrected chi connectivity index (χ2v) is 6.46. The Morgan fingerprint density at radius 2 is 2.09 bits per heavy atom. The molecule has 0 saturated carbocycles. The fourth-order valence-electron chi connectivity index (χ4n) is 2.27. The van der Waals surface area contributed by atoms with E-state index in [-0.39, 0.29) is 23.8 Å². The summed E-state index contributed by atoms with van der Waals surface area (Å²) in [7, 11) is 0. The number of carboxylic acids is 1. The maximum atomic E-state index is 12.1. The average molecular weight is 333 g/mol. The lowest BCUT2D eigenvalue weighted by Gasteiger charge is -2.11. The van der Waals surface area contributed by atoms with Crippen molar-refractivity contribution in [3.63, 3.8) is 0 Å². The number of aliphatic carboxylic acids is 1. The third-order valence-electron chi connectivity index (χ3n) is 3.36. The Kier molecular flexibility index (Phi) is 5.50. The molecule has 5 nitrogen and oxygen atoms in total. The molecule has 0 bridgehead atoms. The number of benzene rings is 1. The average Bonchev–Trinajstić information content (AvgIpc) is 2.92. The van der Waals surface area contributed by atoms with Crippen LogP contribution in [-0.2, 0) is 11.2 Å². The van der Waals surface area contributed by atoms with Crippen LogP contribution in [0.3, 0.4) is 0 Å². The standard InChI is InChI=1S/C17H19NO4S/c1-10(2)14-5-4-13(6-11(14)3)22-8-15(19)17-18-12(9-23-17)7-16(20)21/h4-6,9-10H,7-8H2,1-3H3,(H,20,21). The SMILES string of the molecule is Cc1cc(OCC(=O)c2nc(CC(=O)O)cs2)ccc1C(C)C. The molecule has 1 aromatic heterocycles. The van der Waals surface area contributed by atoms with Gasteiger partial charge in [0.1, 0.15) is 5.75 Å². The Balaban J connectivity index is 1.97. The van der Waals surface area contributed by atoms with Gasteiger partial charge in [0, 0.05) is 5.38 Å². The van der Waals surface area contributed by atoms with Gasteiger partial charge in [0.15, 0.2) is 11.6 Å². The second kappa shape index (κ2) is 7.37. The van der Waals surface area contributed by atoms with Crippen LogP contribution in [0.4, 0.5) is 0 Å². The van der Waals surface area contributed by atoms with Crippen LogP contribution in [0, 0.1) is 6.92 Å². The summed E-state index contributed by atoms with van der Waals surface area (Å²) >= 11 is 1.14. The predicted octanol–water partition coefficient (Wildman–Crippen LogP) is 3.46. The highest BCUT2D eigenvalue weighted by Gasteiger charge is 2.14. The van der Waals surface area contributed by atoms with Crippen LogP contribution in [0.1, 0.15) is 46.4 Å². The van der Waals surface area contributed by atoms with Crippen LogP contribution in [0.15, 0.2) is 23.6 Å². The van der Waals surface area contributed by atoms with Gasteiger partial charge in [-0.3, -0.25) is 9.59 Å². The van der Waals surface area contributed by atoms with Crippen LogP contribution >= 0.6 is 11.3 Å². The van der Waals surface area contributed by atoms with Gasteiger partial charge >= 0.3 is 5.97 Å². The Labute approximate surface area is 138 Å². The first-order valence-corrected chi connectivity index (χ1v) is 8.17. The Morgan fingerprint density at radius 1 is 1.35 bits per heavy atom. The van der Waals surface area contributed by atoms with E-state index in [9.17, 15) is 9.59 Å². The normalized spacial score (nSPS) is 10.8. The summed E-state index contributed by atoms with van der Waals surface area (Å²) in [4.78, 5) is 26.7. The highest BCUT2D eigenvalue weighted by atomic mass is 32.1. The van der Waals surface area contributed by atoms with E-state index in [2.05, 4.69) is 18.8 Å². The maximum absolute atomic E-state index is 12.1. The second-order valence-electron chi connectivity index (χ2n) is 5.60. The Morgan fingerprint density at radius 3 is 2.70 bits per heavy atom. The fraction of sp³-hybridized carbons (Fsp3) is 0.353. The minimum Gasteiger partial charge on any atom is -0.485 e. The first kappa shape index (κ1) is 17.1. The zero-order valence-electron chi connectivity index (χ0n) is 13.3. The van der Waals surface area contributed by atoms with E-state index >= 15 is 0 Å². The van der Waals surface area contributed by atoms with Gasteiger partial charge in [0.25, 0.3) is 0 Å². The minimum absolute atomic E-state index is 0.111. The highest BCUT2D eigenvalue weighted by molar-refractivity contribution is 7.11. The van der Waals surface area contributed by atoms with Crippen molar-refractivity contribution in [2.24, 2.45) is 0 Å². The summed E-state index contributed by atoms with van der Waals surface area (Å²) < 4.78 is 5.53. The van der Waals surface area contributed by atoms with Crippen LogP contribution < -0.4 is 4.74 Å². The number of carbonyl (C=O) groups is 2. The van der Waals surface area contributed by atoms with Crippen LogP contribution in [0.5, 0.6) is 5.75 Å². The van der Waals surface area contributed by atoms with Crippen LogP contribution in [-0.4, -0.2) is 28.4 Å². The van der Waals surface area contributed by atoms with Gasteiger partial charge in [-0.2, -0.15) is 0 Å². The smallest absolute Gasteiger partial charge is 0.309 e. The molecule has 122 valence electrons. The number of rotatable bonds is 7. The van der Waals surface area contributed by atoms with E-state index in [0.29, 0.717) is 17.4 Å². The first-order chi connectivity index (χ1) is 10.9. The number of aromatic nitrogens is 1. The molecule has 0 aliphatic rings. The molecule has 23 heavy (non-hydrogen) atoms. The number of Topliss-reactive ketones (excluding diaryl/α,β-unsaturated/α-hetero) is 1. The number of hydrogen-bond donors (Lipinski definition) is 1. The lowest BCUT2D eigenvalue weighted by molar-refractivity contribution is -0.136. The molecule has 1 N–H and O–H groups in total. The zero-order chi connectivity index (χ0) is 17.0. The highest BCUT2D eigenvalue weighted by Crippen LogP contribution is 2.23.